The normalized spacial score (nSPS) is 17.2. The Balaban J connectivity index is 0.000000250. The molecule has 0 spiro atoms. The van der Waals surface area contributed by atoms with Gasteiger partial charge in [-0.05, 0) is 72.5 Å². The highest BCUT2D eigenvalue weighted by molar-refractivity contribution is 7.23. The van der Waals surface area contributed by atoms with E-state index in [1.807, 2.05) is 18.0 Å². The number of methoxy groups -OCH3 is 1. The molecule has 0 radical (unpaired) electrons. The third-order valence-electron chi connectivity index (χ3n) is 9.94. The Labute approximate surface area is 301 Å². The second-order valence-electron chi connectivity index (χ2n) is 13.1. The molecule has 1 fully saturated rings. The molecular weight excluding hydrogens is 690 g/mol. The number of hydrogen-bond donors (Lipinski definition) is 1. The maximum Gasteiger partial charge on any atom is 0.257 e. The molecule has 2 aromatic carbocycles. The second kappa shape index (κ2) is 13.7. The summed E-state index contributed by atoms with van der Waals surface area (Å²) in [4.78, 5) is 26.4. The molecule has 1 N–H and O–H groups in total. The third-order valence-corrected chi connectivity index (χ3v) is 11.1. The molecule has 0 saturated carbocycles. The molecule has 6 aromatic rings. The summed E-state index contributed by atoms with van der Waals surface area (Å²) in [6.45, 7) is 2.47. The summed E-state index contributed by atoms with van der Waals surface area (Å²) in [6, 6.07) is 13.5. The van der Waals surface area contributed by atoms with Gasteiger partial charge < -0.3 is 19.4 Å². The number of pyridine rings is 2. The Morgan fingerprint density at radius 3 is 2.62 bits per heavy atom. The lowest BCUT2D eigenvalue weighted by Crippen LogP contribution is -2.22. The van der Waals surface area contributed by atoms with Crippen LogP contribution >= 0.6 is 11.3 Å². The van der Waals surface area contributed by atoms with Crippen molar-refractivity contribution in [3.05, 3.63) is 106 Å². The monoisotopic (exact) mass is 724 g/mol. The molecule has 2 aliphatic heterocycles. The SMILES string of the molecule is CNc1nccc2cc(-c3c4c(nc(CCc5ccc(F)cc5)c3-c3nnc(C)o3)C3CCCN3C4=O)sc12.COc1c(F)ccc2c1CC(F)C2. The third kappa shape index (κ3) is 5.96. The smallest absolute Gasteiger partial charge is 0.257 e. The molecule has 3 aliphatic rings. The van der Waals surface area contributed by atoms with Crippen molar-refractivity contribution >= 4 is 33.1 Å². The van der Waals surface area contributed by atoms with Crippen LogP contribution in [0.2, 0.25) is 0 Å². The van der Waals surface area contributed by atoms with Gasteiger partial charge in [-0.2, -0.15) is 0 Å². The van der Waals surface area contributed by atoms with E-state index in [4.69, 9.17) is 14.1 Å². The van der Waals surface area contributed by atoms with E-state index in [-0.39, 0.29) is 29.9 Å². The van der Waals surface area contributed by atoms with Crippen LogP contribution < -0.4 is 10.1 Å². The van der Waals surface area contributed by atoms with Gasteiger partial charge in [-0.1, -0.05) is 18.2 Å². The van der Waals surface area contributed by atoms with Gasteiger partial charge in [-0.3, -0.25) is 9.78 Å². The van der Waals surface area contributed by atoms with Crippen LogP contribution in [0, 0.1) is 18.6 Å². The molecule has 1 saturated heterocycles. The van der Waals surface area contributed by atoms with Gasteiger partial charge in [0, 0.05) is 55.6 Å². The Morgan fingerprint density at radius 2 is 1.87 bits per heavy atom. The minimum absolute atomic E-state index is 0.00185. The van der Waals surface area contributed by atoms with Crippen molar-refractivity contribution in [2.24, 2.45) is 0 Å². The van der Waals surface area contributed by atoms with Gasteiger partial charge in [0.1, 0.15) is 17.8 Å². The first kappa shape index (κ1) is 33.8. The zero-order chi connectivity index (χ0) is 36.1. The van der Waals surface area contributed by atoms with Gasteiger partial charge in [-0.25, -0.2) is 18.2 Å². The van der Waals surface area contributed by atoms with E-state index in [1.165, 1.54) is 25.3 Å². The highest BCUT2D eigenvalue weighted by atomic mass is 32.1. The lowest BCUT2D eigenvalue weighted by molar-refractivity contribution is 0.0776. The van der Waals surface area contributed by atoms with Gasteiger partial charge in [0.15, 0.2) is 11.6 Å². The quantitative estimate of drug-likeness (QED) is 0.176. The van der Waals surface area contributed by atoms with Gasteiger partial charge in [-0.15, -0.1) is 21.5 Å². The number of benzene rings is 2. The number of nitrogens with one attached hydrogen (secondary N) is 1. The molecule has 13 heteroatoms. The van der Waals surface area contributed by atoms with Crippen LogP contribution in [-0.2, 0) is 25.7 Å². The van der Waals surface area contributed by atoms with Gasteiger partial charge in [0.2, 0.25) is 11.8 Å². The molecule has 4 aromatic heterocycles. The molecule has 6 heterocycles. The van der Waals surface area contributed by atoms with E-state index < -0.39 is 12.0 Å². The van der Waals surface area contributed by atoms with Gasteiger partial charge >= 0.3 is 0 Å². The lowest BCUT2D eigenvalue weighted by Gasteiger charge is -2.16. The number of halogens is 3. The topological polar surface area (TPSA) is 106 Å². The molecule has 266 valence electrons. The molecule has 0 bridgehead atoms. The molecule has 1 aliphatic carbocycles. The van der Waals surface area contributed by atoms with Crippen molar-refractivity contribution in [1.82, 2.24) is 25.1 Å². The predicted molar refractivity (Wildman–Crippen MR) is 193 cm³/mol. The summed E-state index contributed by atoms with van der Waals surface area (Å²) in [6.07, 6.45) is 4.61. The number of nitrogens with zero attached hydrogens (tertiary/aromatic N) is 5. The average Bonchev–Trinajstić information content (AvgIpc) is 3.98. The fourth-order valence-electron chi connectivity index (χ4n) is 7.59. The molecule has 9 rings (SSSR count). The Morgan fingerprint density at radius 1 is 1.04 bits per heavy atom. The minimum Gasteiger partial charge on any atom is -0.493 e. The summed E-state index contributed by atoms with van der Waals surface area (Å²) in [5.41, 5.74) is 6.28. The van der Waals surface area contributed by atoms with Crippen molar-refractivity contribution in [2.45, 2.75) is 57.7 Å². The predicted octanol–water partition coefficient (Wildman–Crippen LogP) is 8.24. The molecule has 1 amide bonds. The van der Waals surface area contributed by atoms with Crippen LogP contribution in [0.5, 0.6) is 5.75 Å². The van der Waals surface area contributed by atoms with Crippen molar-refractivity contribution < 1.29 is 27.1 Å². The van der Waals surface area contributed by atoms with Crippen molar-refractivity contribution in [1.29, 1.82) is 0 Å². The van der Waals surface area contributed by atoms with Crippen LogP contribution in [-0.4, -0.2) is 57.8 Å². The van der Waals surface area contributed by atoms with E-state index in [9.17, 15) is 18.0 Å². The number of rotatable bonds is 7. The zero-order valence-electron chi connectivity index (χ0n) is 28.8. The number of hydrogen-bond acceptors (Lipinski definition) is 9. The molecule has 2 unspecified atom stereocenters. The highest BCUT2D eigenvalue weighted by Crippen LogP contribution is 2.50. The summed E-state index contributed by atoms with van der Waals surface area (Å²) in [5, 5.41) is 12.7. The lowest BCUT2D eigenvalue weighted by atomic mass is 9.93. The first-order chi connectivity index (χ1) is 25.2. The van der Waals surface area contributed by atoms with Gasteiger partial charge in [0.05, 0.1) is 40.4 Å². The number of anilines is 1. The van der Waals surface area contributed by atoms with Crippen LogP contribution in [0.3, 0.4) is 0 Å². The van der Waals surface area contributed by atoms with E-state index in [0.717, 1.165) is 68.2 Å². The van der Waals surface area contributed by atoms with Crippen LogP contribution in [0.1, 0.15) is 63.2 Å². The van der Waals surface area contributed by atoms with Crippen molar-refractivity contribution in [3.63, 3.8) is 0 Å². The van der Waals surface area contributed by atoms with E-state index in [0.29, 0.717) is 47.7 Å². The molecule has 9 nitrogen and oxygen atoms in total. The number of ether oxygens (including phenoxy) is 1. The van der Waals surface area contributed by atoms with Crippen LogP contribution in [0.4, 0.5) is 19.0 Å². The van der Waals surface area contributed by atoms with Crippen LogP contribution in [0.15, 0.2) is 59.1 Å². The first-order valence-electron chi connectivity index (χ1n) is 17.2. The second-order valence-corrected chi connectivity index (χ2v) is 14.2. The zero-order valence-corrected chi connectivity index (χ0v) is 29.6. The maximum absolute atomic E-state index is 13.9. The Hall–Kier alpha value is -5.30. The number of alkyl halides is 1. The summed E-state index contributed by atoms with van der Waals surface area (Å²) in [5.74, 6) is 1.10. The minimum atomic E-state index is -0.884. The van der Waals surface area contributed by atoms with E-state index >= 15 is 0 Å². The fourth-order valence-corrected chi connectivity index (χ4v) is 8.80. The maximum atomic E-state index is 13.9. The number of amides is 1. The number of carbonyl (C=O) groups excluding carboxylic acids is 1. The fraction of sp³-hybridized carbons (Fsp3) is 0.308. The molecule has 52 heavy (non-hydrogen) atoms. The Kier molecular flexibility index (Phi) is 8.90. The van der Waals surface area contributed by atoms with Crippen molar-refractivity contribution in [2.75, 3.05) is 26.0 Å². The van der Waals surface area contributed by atoms with E-state index in [1.54, 1.807) is 42.7 Å². The summed E-state index contributed by atoms with van der Waals surface area (Å²) >= 11 is 1.58. The van der Waals surface area contributed by atoms with Crippen molar-refractivity contribution in [3.8, 4) is 27.6 Å². The summed E-state index contributed by atoms with van der Waals surface area (Å²) < 4.78 is 51.6. The van der Waals surface area contributed by atoms with E-state index in [2.05, 4.69) is 26.6 Å². The van der Waals surface area contributed by atoms with Gasteiger partial charge in [0.25, 0.3) is 5.91 Å². The molecular formula is C39H35F3N6O3S. The number of aromatic nitrogens is 4. The standard InChI is InChI=1S/C29H25FN6O2S.C10H10F2O/c1-15-34-35-28(38-15)22-19(10-7-16-5-8-18(30)9-6-16)33-25-20-4-3-13-36(20)29(37)24(25)23(22)21-14-17-11-12-32-27(31-2)26(17)39-21;1-13-10-8-5-7(11)4-6(8)2-3-9(10)12/h5-6,8-9,11-12,14,20H,3-4,7,10,13H2,1-2H3,(H,31,32);2-3,7H,4-5H2,1H3. The number of thiophene rings is 1. The number of fused-ring (bicyclic) bond motifs is 5. The largest absolute Gasteiger partial charge is 0.493 e. The first-order valence-corrected chi connectivity index (χ1v) is 18.0. The average molecular weight is 725 g/mol. The Bertz CT molecular complexity index is 2330. The highest BCUT2D eigenvalue weighted by Gasteiger charge is 2.45. The number of carbonyl (C=O) groups is 1. The summed E-state index contributed by atoms with van der Waals surface area (Å²) in [7, 11) is 3.26. The number of aryl methyl sites for hydroxylation is 3. The van der Waals surface area contributed by atoms with Crippen LogP contribution in [0.25, 0.3) is 32.0 Å². The molecule has 2 atom stereocenters.